The van der Waals surface area contributed by atoms with Gasteiger partial charge in [-0.3, -0.25) is 4.39 Å². The van der Waals surface area contributed by atoms with Crippen molar-refractivity contribution in [3.63, 3.8) is 0 Å². The minimum atomic E-state index is -3.71. The molecule has 0 fully saturated rings. The summed E-state index contributed by atoms with van der Waals surface area (Å²) in [6.07, 6.45) is 0.315. The number of rotatable bonds is 5. The van der Waals surface area contributed by atoms with Gasteiger partial charge in [0.05, 0.1) is 18.2 Å². The van der Waals surface area contributed by atoms with Crippen LogP contribution in [0.1, 0.15) is 17.5 Å². The lowest BCUT2D eigenvalue weighted by molar-refractivity contribution is 0.287. The molecule has 96 valence electrons. The van der Waals surface area contributed by atoms with Crippen LogP contribution in [-0.2, 0) is 10.0 Å². The SMILES string of the molecule is Cc1c(OCCCF)ccc(S(N)(=O)=O)c1C. The van der Waals surface area contributed by atoms with Crippen LogP contribution in [-0.4, -0.2) is 21.7 Å². The smallest absolute Gasteiger partial charge is 0.238 e. The second-order valence-corrected chi connectivity index (χ2v) is 5.28. The summed E-state index contributed by atoms with van der Waals surface area (Å²) in [5.41, 5.74) is 1.26. The molecule has 0 bridgehead atoms. The van der Waals surface area contributed by atoms with Crippen LogP contribution in [0, 0.1) is 13.8 Å². The topological polar surface area (TPSA) is 69.4 Å². The van der Waals surface area contributed by atoms with E-state index in [1.165, 1.54) is 6.07 Å². The van der Waals surface area contributed by atoms with Crippen LogP contribution < -0.4 is 9.88 Å². The summed E-state index contributed by atoms with van der Waals surface area (Å²) in [6, 6.07) is 2.95. The largest absolute Gasteiger partial charge is 0.493 e. The maximum absolute atomic E-state index is 11.9. The molecule has 6 heteroatoms. The van der Waals surface area contributed by atoms with E-state index >= 15 is 0 Å². The van der Waals surface area contributed by atoms with Crippen molar-refractivity contribution in [2.75, 3.05) is 13.3 Å². The number of alkyl halides is 1. The number of benzene rings is 1. The normalized spacial score (nSPS) is 11.5. The van der Waals surface area contributed by atoms with Crippen LogP contribution in [0.4, 0.5) is 4.39 Å². The molecule has 0 aliphatic rings. The number of hydrogen-bond acceptors (Lipinski definition) is 3. The molecule has 0 aliphatic carbocycles. The summed E-state index contributed by atoms with van der Waals surface area (Å²) >= 11 is 0. The zero-order valence-corrected chi connectivity index (χ0v) is 10.7. The predicted octanol–water partition coefficient (Wildman–Crippen LogP) is 1.69. The van der Waals surface area contributed by atoms with Gasteiger partial charge in [0.2, 0.25) is 10.0 Å². The fourth-order valence-electron chi connectivity index (χ4n) is 1.47. The molecule has 0 aliphatic heterocycles. The number of nitrogens with two attached hydrogens (primary N) is 1. The highest BCUT2D eigenvalue weighted by Crippen LogP contribution is 2.26. The van der Waals surface area contributed by atoms with Gasteiger partial charge in [-0.2, -0.15) is 0 Å². The Morgan fingerprint density at radius 2 is 1.94 bits per heavy atom. The van der Waals surface area contributed by atoms with Gasteiger partial charge in [-0.1, -0.05) is 0 Å². The van der Waals surface area contributed by atoms with E-state index < -0.39 is 16.7 Å². The molecular weight excluding hydrogens is 245 g/mol. The summed E-state index contributed by atoms with van der Waals surface area (Å²) in [4.78, 5) is 0.0906. The average Bonchev–Trinajstić information content (AvgIpc) is 2.23. The summed E-state index contributed by atoms with van der Waals surface area (Å²) in [5.74, 6) is 0.559. The number of halogens is 1. The third-order valence-electron chi connectivity index (χ3n) is 2.53. The molecule has 1 rings (SSSR count). The minimum absolute atomic E-state index is 0.0906. The third-order valence-corrected chi connectivity index (χ3v) is 3.59. The van der Waals surface area contributed by atoms with Crippen molar-refractivity contribution in [1.82, 2.24) is 0 Å². The van der Waals surface area contributed by atoms with E-state index in [4.69, 9.17) is 9.88 Å². The quantitative estimate of drug-likeness (QED) is 0.820. The van der Waals surface area contributed by atoms with E-state index in [0.717, 1.165) is 0 Å². The lowest BCUT2D eigenvalue weighted by Gasteiger charge is -2.12. The van der Waals surface area contributed by atoms with Gasteiger partial charge in [0.15, 0.2) is 0 Å². The zero-order valence-electron chi connectivity index (χ0n) is 9.86. The highest BCUT2D eigenvalue weighted by molar-refractivity contribution is 7.89. The van der Waals surface area contributed by atoms with Crippen LogP contribution in [0.25, 0.3) is 0 Å². The second-order valence-electron chi connectivity index (χ2n) is 3.75. The highest BCUT2D eigenvalue weighted by Gasteiger charge is 2.15. The van der Waals surface area contributed by atoms with E-state index in [2.05, 4.69) is 0 Å². The standard InChI is InChI=1S/C11H16FNO3S/c1-8-9(2)11(17(13,14)15)5-4-10(8)16-7-3-6-12/h4-5H,3,6-7H2,1-2H3,(H2,13,14,15). The second kappa shape index (κ2) is 5.46. The Morgan fingerprint density at radius 1 is 1.29 bits per heavy atom. The van der Waals surface area contributed by atoms with Crippen molar-refractivity contribution < 1.29 is 17.5 Å². The van der Waals surface area contributed by atoms with E-state index in [9.17, 15) is 12.8 Å². The highest BCUT2D eigenvalue weighted by atomic mass is 32.2. The molecular formula is C11H16FNO3S. The summed E-state index contributed by atoms with van der Waals surface area (Å²) in [5, 5.41) is 5.08. The fraction of sp³-hybridized carbons (Fsp3) is 0.455. The molecule has 0 amide bonds. The van der Waals surface area contributed by atoms with Gasteiger partial charge in [-0.25, -0.2) is 13.6 Å². The first-order chi connectivity index (χ1) is 7.88. The molecule has 0 unspecified atom stereocenters. The van der Waals surface area contributed by atoms with Gasteiger partial charge >= 0.3 is 0 Å². The number of primary sulfonamides is 1. The Labute approximate surface area is 101 Å². The molecule has 1 aromatic carbocycles. The Balaban J connectivity index is 3.03. The molecule has 0 atom stereocenters. The van der Waals surface area contributed by atoms with Gasteiger partial charge in [-0.15, -0.1) is 0 Å². The summed E-state index contributed by atoms with van der Waals surface area (Å²) < 4.78 is 39.8. The number of hydrogen-bond donors (Lipinski definition) is 1. The predicted molar refractivity (Wildman–Crippen MR) is 63.4 cm³/mol. The van der Waals surface area contributed by atoms with Gasteiger partial charge < -0.3 is 4.74 Å². The van der Waals surface area contributed by atoms with Crippen molar-refractivity contribution in [2.24, 2.45) is 5.14 Å². The molecule has 0 aromatic heterocycles. The van der Waals surface area contributed by atoms with Crippen molar-refractivity contribution in [1.29, 1.82) is 0 Å². The fourth-order valence-corrected chi connectivity index (χ4v) is 2.31. The number of sulfonamides is 1. The van der Waals surface area contributed by atoms with Crippen LogP contribution in [0.5, 0.6) is 5.75 Å². The van der Waals surface area contributed by atoms with Crippen molar-refractivity contribution in [3.05, 3.63) is 23.3 Å². The summed E-state index contributed by atoms with van der Waals surface area (Å²) in [6.45, 7) is 3.24. The lowest BCUT2D eigenvalue weighted by Crippen LogP contribution is -2.14. The molecule has 0 saturated heterocycles. The maximum atomic E-state index is 11.9. The lowest BCUT2D eigenvalue weighted by atomic mass is 10.1. The average molecular weight is 261 g/mol. The van der Waals surface area contributed by atoms with E-state index in [0.29, 0.717) is 23.3 Å². The monoisotopic (exact) mass is 261 g/mol. The van der Waals surface area contributed by atoms with Gasteiger partial charge in [0.1, 0.15) is 5.75 Å². The van der Waals surface area contributed by atoms with Gasteiger partial charge in [-0.05, 0) is 37.1 Å². The first-order valence-electron chi connectivity index (χ1n) is 5.19. The van der Waals surface area contributed by atoms with E-state index in [1.54, 1.807) is 19.9 Å². The molecule has 0 saturated carbocycles. The molecule has 0 heterocycles. The van der Waals surface area contributed by atoms with Crippen molar-refractivity contribution >= 4 is 10.0 Å². The van der Waals surface area contributed by atoms with Crippen LogP contribution in [0.3, 0.4) is 0 Å². The molecule has 17 heavy (non-hydrogen) atoms. The van der Waals surface area contributed by atoms with Crippen molar-refractivity contribution in [2.45, 2.75) is 25.2 Å². The third kappa shape index (κ3) is 3.41. The van der Waals surface area contributed by atoms with E-state index in [-0.39, 0.29) is 11.5 Å². The Kier molecular flexibility index (Phi) is 4.47. The van der Waals surface area contributed by atoms with Crippen LogP contribution in [0.2, 0.25) is 0 Å². The molecule has 4 nitrogen and oxygen atoms in total. The molecule has 0 radical (unpaired) electrons. The van der Waals surface area contributed by atoms with Crippen LogP contribution >= 0.6 is 0 Å². The summed E-state index contributed by atoms with van der Waals surface area (Å²) in [7, 11) is -3.71. The van der Waals surface area contributed by atoms with Crippen LogP contribution in [0.15, 0.2) is 17.0 Å². The first kappa shape index (κ1) is 13.9. The first-order valence-corrected chi connectivity index (χ1v) is 6.74. The van der Waals surface area contributed by atoms with Crippen molar-refractivity contribution in [3.8, 4) is 5.75 Å². The Morgan fingerprint density at radius 3 is 2.47 bits per heavy atom. The zero-order chi connectivity index (χ0) is 13.1. The number of ether oxygens (including phenoxy) is 1. The Bertz CT molecular complexity index is 500. The molecule has 2 N–H and O–H groups in total. The maximum Gasteiger partial charge on any atom is 0.238 e. The van der Waals surface area contributed by atoms with Gasteiger partial charge in [0, 0.05) is 6.42 Å². The Hall–Kier alpha value is -1.14. The van der Waals surface area contributed by atoms with E-state index in [1.807, 2.05) is 0 Å². The molecule has 1 aromatic rings. The van der Waals surface area contributed by atoms with Gasteiger partial charge in [0.25, 0.3) is 0 Å². The molecule has 0 spiro atoms. The minimum Gasteiger partial charge on any atom is -0.493 e.